The molecule has 0 fully saturated rings. The Balaban J connectivity index is 2.68. The molecule has 15 heavy (non-hydrogen) atoms. The number of ether oxygens (including phenoxy) is 1. The molecule has 0 saturated carbocycles. The molecule has 0 N–H and O–H groups in total. The number of hydrogen-bond acceptors (Lipinski definition) is 2. The number of carbonyl (C=O) groups is 1. The highest BCUT2D eigenvalue weighted by Crippen LogP contribution is 2.09. The van der Waals surface area contributed by atoms with Crippen molar-refractivity contribution in [2.75, 3.05) is 7.11 Å². The fourth-order valence-electron chi connectivity index (χ4n) is 1.18. The third-order valence-corrected chi connectivity index (χ3v) is 2.24. The molecule has 0 unspecified atom stereocenters. The summed E-state index contributed by atoms with van der Waals surface area (Å²) in [6.45, 7) is 4.13. The SMILES string of the molecule is COC(=O)C#CCc1ccc(C)c(C)c1. The summed E-state index contributed by atoms with van der Waals surface area (Å²) in [6, 6.07) is 6.17. The topological polar surface area (TPSA) is 26.3 Å². The van der Waals surface area contributed by atoms with E-state index in [1.807, 2.05) is 6.07 Å². The molecule has 0 saturated heterocycles. The summed E-state index contributed by atoms with van der Waals surface area (Å²) < 4.78 is 4.42. The van der Waals surface area contributed by atoms with Crippen molar-refractivity contribution in [3.05, 3.63) is 34.9 Å². The van der Waals surface area contributed by atoms with Gasteiger partial charge in [0.2, 0.25) is 0 Å². The van der Waals surface area contributed by atoms with Crippen LogP contribution in [0.2, 0.25) is 0 Å². The van der Waals surface area contributed by atoms with E-state index in [-0.39, 0.29) is 0 Å². The summed E-state index contributed by atoms with van der Waals surface area (Å²) >= 11 is 0. The summed E-state index contributed by atoms with van der Waals surface area (Å²) in [5.41, 5.74) is 3.63. The first kappa shape index (κ1) is 11.3. The highest BCUT2D eigenvalue weighted by molar-refractivity contribution is 5.88. The van der Waals surface area contributed by atoms with Gasteiger partial charge >= 0.3 is 5.97 Å². The standard InChI is InChI=1S/C13H14O2/c1-10-7-8-12(9-11(10)2)5-4-6-13(14)15-3/h7-9H,5H2,1-3H3. The maximum atomic E-state index is 10.7. The first-order valence-corrected chi connectivity index (χ1v) is 4.76. The molecular weight excluding hydrogens is 188 g/mol. The van der Waals surface area contributed by atoms with Crippen molar-refractivity contribution in [3.63, 3.8) is 0 Å². The number of hydrogen-bond donors (Lipinski definition) is 0. The van der Waals surface area contributed by atoms with E-state index in [4.69, 9.17) is 0 Å². The van der Waals surface area contributed by atoms with Gasteiger partial charge in [-0.2, -0.15) is 0 Å². The van der Waals surface area contributed by atoms with E-state index in [0.29, 0.717) is 6.42 Å². The Morgan fingerprint density at radius 3 is 2.67 bits per heavy atom. The fraction of sp³-hybridized carbons (Fsp3) is 0.308. The molecule has 0 atom stereocenters. The van der Waals surface area contributed by atoms with Gasteiger partial charge in [0, 0.05) is 12.3 Å². The van der Waals surface area contributed by atoms with E-state index >= 15 is 0 Å². The number of carbonyl (C=O) groups excluding carboxylic acids is 1. The normalized spacial score (nSPS) is 9.00. The molecule has 0 heterocycles. The van der Waals surface area contributed by atoms with E-state index in [0.717, 1.165) is 5.56 Å². The maximum absolute atomic E-state index is 10.7. The number of esters is 1. The Bertz CT molecular complexity index is 422. The summed E-state index contributed by atoms with van der Waals surface area (Å²) in [5, 5.41) is 0. The molecule has 0 bridgehead atoms. The van der Waals surface area contributed by atoms with Gasteiger partial charge in [0.15, 0.2) is 0 Å². The third kappa shape index (κ3) is 3.47. The highest BCUT2D eigenvalue weighted by Gasteiger charge is 1.95. The molecule has 0 spiro atoms. The number of aryl methyl sites for hydroxylation is 2. The summed E-state index contributed by atoms with van der Waals surface area (Å²) in [6.07, 6.45) is 0.580. The van der Waals surface area contributed by atoms with Crippen LogP contribution in [-0.4, -0.2) is 13.1 Å². The molecule has 0 aliphatic rings. The zero-order valence-corrected chi connectivity index (χ0v) is 9.26. The van der Waals surface area contributed by atoms with Crippen LogP contribution in [0, 0.1) is 25.7 Å². The van der Waals surface area contributed by atoms with Gasteiger partial charge in [-0.25, -0.2) is 4.79 Å². The van der Waals surface area contributed by atoms with Gasteiger partial charge in [-0.3, -0.25) is 0 Å². The van der Waals surface area contributed by atoms with Crippen LogP contribution in [0.1, 0.15) is 16.7 Å². The quantitative estimate of drug-likeness (QED) is 0.395. The predicted octanol–water partition coefficient (Wildman–Crippen LogP) is 2.02. The van der Waals surface area contributed by atoms with E-state index in [1.165, 1.54) is 18.2 Å². The van der Waals surface area contributed by atoms with E-state index in [2.05, 4.69) is 42.6 Å². The minimum Gasteiger partial charge on any atom is -0.459 e. The Kier molecular flexibility index (Phi) is 3.93. The lowest BCUT2D eigenvalue weighted by molar-refractivity contribution is -0.133. The zero-order valence-electron chi connectivity index (χ0n) is 9.26. The Labute approximate surface area is 90.3 Å². The summed E-state index contributed by atoms with van der Waals surface area (Å²) in [5.74, 6) is 4.69. The second kappa shape index (κ2) is 5.21. The molecular formula is C13H14O2. The molecule has 0 radical (unpaired) electrons. The van der Waals surface area contributed by atoms with Crippen LogP contribution in [0.3, 0.4) is 0 Å². The zero-order chi connectivity index (χ0) is 11.3. The largest absolute Gasteiger partial charge is 0.459 e. The van der Waals surface area contributed by atoms with E-state index in [9.17, 15) is 4.79 Å². The van der Waals surface area contributed by atoms with Crippen LogP contribution >= 0.6 is 0 Å². The van der Waals surface area contributed by atoms with Crippen molar-refractivity contribution in [1.82, 2.24) is 0 Å². The highest BCUT2D eigenvalue weighted by atomic mass is 16.5. The van der Waals surface area contributed by atoms with Gasteiger partial charge in [-0.05, 0) is 30.5 Å². The maximum Gasteiger partial charge on any atom is 0.384 e. The lowest BCUT2D eigenvalue weighted by Crippen LogP contribution is -1.95. The Hall–Kier alpha value is -1.75. The molecule has 1 rings (SSSR count). The molecule has 2 nitrogen and oxygen atoms in total. The number of rotatable bonds is 1. The molecule has 0 aliphatic heterocycles. The minimum absolute atomic E-state index is 0.487. The first-order valence-electron chi connectivity index (χ1n) is 4.76. The minimum atomic E-state index is -0.487. The molecule has 78 valence electrons. The van der Waals surface area contributed by atoms with Gasteiger partial charge in [-0.1, -0.05) is 24.1 Å². The molecule has 0 amide bonds. The van der Waals surface area contributed by atoms with Crippen molar-refractivity contribution >= 4 is 5.97 Å². The summed E-state index contributed by atoms with van der Waals surface area (Å²) in [4.78, 5) is 10.7. The van der Waals surface area contributed by atoms with Gasteiger partial charge in [0.05, 0.1) is 7.11 Å². The average Bonchev–Trinajstić information content (AvgIpc) is 2.23. The molecule has 2 heteroatoms. The smallest absolute Gasteiger partial charge is 0.384 e. The monoisotopic (exact) mass is 202 g/mol. The average molecular weight is 202 g/mol. The van der Waals surface area contributed by atoms with Crippen LogP contribution in [0.25, 0.3) is 0 Å². The van der Waals surface area contributed by atoms with Crippen LogP contribution in [-0.2, 0) is 16.0 Å². The van der Waals surface area contributed by atoms with E-state index < -0.39 is 5.97 Å². The second-order valence-electron chi connectivity index (χ2n) is 3.39. The van der Waals surface area contributed by atoms with Crippen molar-refractivity contribution in [2.24, 2.45) is 0 Å². The van der Waals surface area contributed by atoms with Crippen LogP contribution in [0.5, 0.6) is 0 Å². The van der Waals surface area contributed by atoms with Crippen LogP contribution < -0.4 is 0 Å². The fourth-order valence-corrected chi connectivity index (χ4v) is 1.18. The van der Waals surface area contributed by atoms with Gasteiger partial charge in [-0.15, -0.1) is 0 Å². The Morgan fingerprint density at radius 1 is 1.33 bits per heavy atom. The molecule has 1 aromatic carbocycles. The van der Waals surface area contributed by atoms with Crippen molar-refractivity contribution in [1.29, 1.82) is 0 Å². The lowest BCUT2D eigenvalue weighted by atomic mass is 10.0. The van der Waals surface area contributed by atoms with Crippen molar-refractivity contribution in [3.8, 4) is 11.8 Å². The van der Waals surface area contributed by atoms with Gasteiger partial charge in [0.1, 0.15) is 0 Å². The lowest BCUT2D eigenvalue weighted by Gasteiger charge is -2.01. The van der Waals surface area contributed by atoms with Crippen LogP contribution in [0.15, 0.2) is 18.2 Å². The van der Waals surface area contributed by atoms with E-state index in [1.54, 1.807) is 0 Å². The summed E-state index contributed by atoms with van der Waals surface area (Å²) in [7, 11) is 1.33. The van der Waals surface area contributed by atoms with Crippen LogP contribution in [0.4, 0.5) is 0 Å². The van der Waals surface area contributed by atoms with Gasteiger partial charge in [0.25, 0.3) is 0 Å². The molecule has 1 aromatic rings. The van der Waals surface area contributed by atoms with Crippen molar-refractivity contribution in [2.45, 2.75) is 20.3 Å². The predicted molar refractivity (Wildman–Crippen MR) is 59.4 cm³/mol. The van der Waals surface area contributed by atoms with Gasteiger partial charge < -0.3 is 4.74 Å². The third-order valence-electron chi connectivity index (χ3n) is 2.24. The molecule has 0 aliphatic carbocycles. The Morgan fingerprint density at radius 2 is 2.07 bits per heavy atom. The molecule has 0 aromatic heterocycles. The van der Waals surface area contributed by atoms with Crippen molar-refractivity contribution < 1.29 is 9.53 Å². The first-order chi connectivity index (χ1) is 7.13. The second-order valence-corrected chi connectivity index (χ2v) is 3.39. The number of benzene rings is 1. The number of methoxy groups -OCH3 is 1.